The Bertz CT molecular complexity index is 1020. The van der Waals surface area contributed by atoms with E-state index in [0.29, 0.717) is 37.6 Å². The molecule has 1 aromatic heterocycles. The summed E-state index contributed by atoms with van der Waals surface area (Å²) in [6, 6.07) is 13.6. The molecule has 30 heavy (non-hydrogen) atoms. The van der Waals surface area contributed by atoms with Gasteiger partial charge in [-0.15, -0.1) is 0 Å². The molecule has 0 saturated carbocycles. The van der Waals surface area contributed by atoms with Gasteiger partial charge in [0.25, 0.3) is 0 Å². The van der Waals surface area contributed by atoms with E-state index in [1.54, 1.807) is 12.1 Å². The molecule has 156 valence electrons. The van der Waals surface area contributed by atoms with Crippen LogP contribution in [0.3, 0.4) is 0 Å². The summed E-state index contributed by atoms with van der Waals surface area (Å²) in [5, 5.41) is 3.43. The number of anilines is 1. The van der Waals surface area contributed by atoms with Crippen molar-refractivity contribution in [2.75, 3.05) is 43.8 Å². The molecule has 9 heteroatoms. The highest BCUT2D eigenvalue weighted by Gasteiger charge is 2.22. The molecule has 7 nitrogen and oxygen atoms in total. The number of imidazole rings is 1. The van der Waals surface area contributed by atoms with E-state index in [-0.39, 0.29) is 24.2 Å². The number of aromatic nitrogens is 2. The van der Waals surface area contributed by atoms with Crippen LogP contribution in [0.15, 0.2) is 53.7 Å². The Morgan fingerprint density at radius 1 is 1.10 bits per heavy atom. The van der Waals surface area contributed by atoms with E-state index in [1.165, 1.54) is 23.9 Å². The zero-order valence-electron chi connectivity index (χ0n) is 16.3. The van der Waals surface area contributed by atoms with Crippen LogP contribution in [0.2, 0.25) is 0 Å². The highest BCUT2D eigenvalue weighted by atomic mass is 32.2. The summed E-state index contributed by atoms with van der Waals surface area (Å²) < 4.78 is 13.2. The number of carbonyl (C=O) groups excluding carboxylic acids is 2. The van der Waals surface area contributed by atoms with E-state index in [2.05, 4.69) is 15.3 Å². The lowest BCUT2D eigenvalue weighted by atomic mass is 10.3. The molecule has 1 aliphatic rings. The Kier molecular flexibility index (Phi) is 6.29. The van der Waals surface area contributed by atoms with Gasteiger partial charge in [-0.25, -0.2) is 9.37 Å². The maximum atomic E-state index is 13.2. The molecule has 2 heterocycles. The molecule has 0 atom stereocenters. The molecule has 0 aliphatic carbocycles. The lowest BCUT2D eigenvalue weighted by Gasteiger charge is -2.34. The molecule has 0 spiro atoms. The molecule has 3 aromatic rings. The second-order valence-electron chi connectivity index (χ2n) is 7.06. The van der Waals surface area contributed by atoms with Crippen molar-refractivity contribution in [2.45, 2.75) is 5.16 Å². The van der Waals surface area contributed by atoms with Crippen LogP contribution in [0.1, 0.15) is 0 Å². The number of hydrogen-bond donors (Lipinski definition) is 2. The lowest BCUT2D eigenvalue weighted by Crippen LogP contribution is -2.50. The van der Waals surface area contributed by atoms with Gasteiger partial charge in [-0.3, -0.25) is 14.5 Å². The average Bonchev–Trinajstić information content (AvgIpc) is 3.15. The van der Waals surface area contributed by atoms with Gasteiger partial charge in [0.15, 0.2) is 5.16 Å². The van der Waals surface area contributed by atoms with Crippen LogP contribution in [-0.4, -0.2) is 70.1 Å². The van der Waals surface area contributed by atoms with Gasteiger partial charge >= 0.3 is 0 Å². The SMILES string of the molecule is O=C(CN1CCN(C(=O)CSc2nc3ccccc3[nH]2)CC1)Nc1cccc(F)c1. The Morgan fingerprint density at radius 2 is 1.90 bits per heavy atom. The number of carbonyl (C=O) groups is 2. The van der Waals surface area contributed by atoms with Gasteiger partial charge in [0.2, 0.25) is 11.8 Å². The van der Waals surface area contributed by atoms with Crippen molar-refractivity contribution in [1.29, 1.82) is 0 Å². The average molecular weight is 428 g/mol. The number of H-pyrrole nitrogens is 1. The molecule has 0 unspecified atom stereocenters. The smallest absolute Gasteiger partial charge is 0.238 e. The predicted octanol–water partition coefficient (Wildman–Crippen LogP) is 2.58. The molecule has 1 saturated heterocycles. The van der Waals surface area contributed by atoms with Crippen LogP contribution >= 0.6 is 11.8 Å². The first kappa shape index (κ1) is 20.4. The molecule has 1 fully saturated rings. The number of amides is 2. The van der Waals surface area contributed by atoms with Crippen molar-refractivity contribution >= 4 is 40.3 Å². The largest absolute Gasteiger partial charge is 0.339 e. The van der Waals surface area contributed by atoms with E-state index in [0.717, 1.165) is 16.2 Å². The van der Waals surface area contributed by atoms with Crippen LogP contribution < -0.4 is 5.32 Å². The number of fused-ring (bicyclic) bond motifs is 1. The maximum absolute atomic E-state index is 13.2. The Morgan fingerprint density at radius 3 is 2.67 bits per heavy atom. The second kappa shape index (κ2) is 9.27. The topological polar surface area (TPSA) is 81.3 Å². The normalized spacial score (nSPS) is 14.8. The summed E-state index contributed by atoms with van der Waals surface area (Å²) >= 11 is 1.40. The standard InChI is InChI=1S/C21H22FN5O2S/c22-15-4-3-5-16(12-15)23-19(28)13-26-8-10-27(11-9-26)20(29)14-30-21-24-17-6-1-2-7-18(17)25-21/h1-7,12H,8-11,13-14H2,(H,23,28)(H,24,25). The van der Waals surface area contributed by atoms with E-state index in [9.17, 15) is 14.0 Å². The minimum atomic E-state index is -0.388. The Balaban J connectivity index is 1.20. The van der Waals surface area contributed by atoms with Crippen LogP contribution in [0.25, 0.3) is 11.0 Å². The fourth-order valence-electron chi connectivity index (χ4n) is 3.34. The summed E-state index contributed by atoms with van der Waals surface area (Å²) in [5.41, 5.74) is 2.28. The zero-order chi connectivity index (χ0) is 20.9. The summed E-state index contributed by atoms with van der Waals surface area (Å²) in [6.45, 7) is 2.61. The first-order valence-electron chi connectivity index (χ1n) is 9.70. The van der Waals surface area contributed by atoms with E-state index in [1.807, 2.05) is 34.1 Å². The maximum Gasteiger partial charge on any atom is 0.238 e. The summed E-state index contributed by atoms with van der Waals surface area (Å²) in [6.07, 6.45) is 0. The second-order valence-corrected chi connectivity index (χ2v) is 8.03. The van der Waals surface area contributed by atoms with E-state index < -0.39 is 0 Å². The third kappa shape index (κ3) is 5.17. The summed E-state index contributed by atoms with van der Waals surface area (Å²) in [4.78, 5) is 36.2. The molecular weight excluding hydrogens is 405 g/mol. The number of thioether (sulfide) groups is 1. The van der Waals surface area contributed by atoms with Gasteiger partial charge < -0.3 is 15.2 Å². The Hall–Kier alpha value is -2.91. The molecule has 2 amide bonds. The third-order valence-corrected chi connectivity index (χ3v) is 5.76. The lowest BCUT2D eigenvalue weighted by molar-refractivity contribution is -0.130. The van der Waals surface area contributed by atoms with Crippen LogP contribution in [0.4, 0.5) is 10.1 Å². The number of hydrogen-bond acceptors (Lipinski definition) is 5. The predicted molar refractivity (Wildman–Crippen MR) is 115 cm³/mol. The van der Waals surface area contributed by atoms with Crippen molar-refractivity contribution in [3.8, 4) is 0 Å². The number of aromatic amines is 1. The monoisotopic (exact) mass is 427 g/mol. The molecular formula is C21H22FN5O2S. The van der Waals surface area contributed by atoms with Crippen LogP contribution in [0.5, 0.6) is 0 Å². The van der Waals surface area contributed by atoms with Gasteiger partial charge in [-0.2, -0.15) is 0 Å². The number of para-hydroxylation sites is 2. The van der Waals surface area contributed by atoms with E-state index in [4.69, 9.17) is 0 Å². The first-order valence-corrected chi connectivity index (χ1v) is 10.7. The molecule has 1 aliphatic heterocycles. The third-order valence-electron chi connectivity index (χ3n) is 4.90. The minimum Gasteiger partial charge on any atom is -0.339 e. The van der Waals surface area contributed by atoms with Crippen molar-refractivity contribution in [2.24, 2.45) is 0 Å². The summed E-state index contributed by atoms with van der Waals surface area (Å²) in [5.74, 6) is -0.203. The van der Waals surface area contributed by atoms with Crippen LogP contribution in [0, 0.1) is 5.82 Å². The summed E-state index contributed by atoms with van der Waals surface area (Å²) in [7, 11) is 0. The van der Waals surface area contributed by atoms with Gasteiger partial charge in [0.1, 0.15) is 5.82 Å². The van der Waals surface area contributed by atoms with Crippen molar-refractivity contribution in [3.05, 3.63) is 54.3 Å². The van der Waals surface area contributed by atoms with Gasteiger partial charge in [0, 0.05) is 31.9 Å². The van der Waals surface area contributed by atoms with Crippen molar-refractivity contribution in [1.82, 2.24) is 19.8 Å². The molecule has 2 N–H and O–H groups in total. The number of nitrogens with zero attached hydrogens (tertiary/aromatic N) is 3. The fourth-order valence-corrected chi connectivity index (χ4v) is 4.13. The number of halogens is 1. The fraction of sp³-hybridized carbons (Fsp3) is 0.286. The van der Waals surface area contributed by atoms with Crippen LogP contribution in [-0.2, 0) is 9.59 Å². The number of benzene rings is 2. The number of nitrogens with one attached hydrogen (secondary N) is 2. The molecule has 4 rings (SSSR count). The molecule has 0 radical (unpaired) electrons. The highest BCUT2D eigenvalue weighted by molar-refractivity contribution is 7.99. The molecule has 2 aromatic carbocycles. The highest BCUT2D eigenvalue weighted by Crippen LogP contribution is 2.19. The van der Waals surface area contributed by atoms with Crippen molar-refractivity contribution in [3.63, 3.8) is 0 Å². The quantitative estimate of drug-likeness (QED) is 0.591. The van der Waals surface area contributed by atoms with Gasteiger partial charge in [0.05, 0.1) is 23.3 Å². The zero-order valence-corrected chi connectivity index (χ0v) is 17.1. The number of rotatable bonds is 6. The molecule has 0 bridgehead atoms. The van der Waals surface area contributed by atoms with Gasteiger partial charge in [-0.05, 0) is 30.3 Å². The first-order chi connectivity index (χ1) is 14.6. The van der Waals surface area contributed by atoms with E-state index >= 15 is 0 Å². The van der Waals surface area contributed by atoms with Gasteiger partial charge in [-0.1, -0.05) is 30.0 Å². The van der Waals surface area contributed by atoms with Crippen molar-refractivity contribution < 1.29 is 14.0 Å². The number of piperazine rings is 1. The Labute approximate surface area is 177 Å². The minimum absolute atomic E-state index is 0.0596.